The number of nitrogens with two attached hydrogens (primary N) is 1. The van der Waals surface area contributed by atoms with Crippen LogP contribution in [0.3, 0.4) is 0 Å². The predicted molar refractivity (Wildman–Crippen MR) is 126 cm³/mol. The van der Waals surface area contributed by atoms with Crippen molar-refractivity contribution >= 4 is 5.69 Å². The first-order chi connectivity index (χ1) is 18.1. The van der Waals surface area contributed by atoms with Gasteiger partial charge in [0.15, 0.2) is 0 Å². The number of benzene rings is 4. The second-order valence-corrected chi connectivity index (χ2v) is 7.82. The molecular formula is C28H27N. The lowest BCUT2D eigenvalue weighted by Gasteiger charge is -2.22. The SMILES string of the molecule is [2H]c1c([2H])c([2H])c(-c2cc(-c3cccc(-c4c([2H])c([2H])c([2H])c([2H])c4[2H])c3N)cc(C(C)(C)C)c2)c([2H])c1[2H]. The normalized spacial score (nSPS) is 16.2. The van der Waals surface area contributed by atoms with Gasteiger partial charge in [-0.15, -0.1) is 0 Å². The molecule has 0 spiro atoms. The molecule has 2 N–H and O–H groups in total. The smallest absolute Gasteiger partial charge is 0.0629 e. The standard InChI is InChI=1S/C28H27N/c1-28(2,3)24-18-22(20-11-6-4-7-12-20)17-23(19-24)26-16-10-15-25(27(26)29)21-13-8-5-9-14-21/h4-19H,29H2,1-3H3/i4D,5D,6D,7D,8D,9D,11D,12D,13D,14D. The molecule has 0 saturated carbocycles. The molecule has 0 radical (unpaired) electrons. The van der Waals surface area contributed by atoms with E-state index in [2.05, 4.69) is 0 Å². The molecule has 0 aliphatic rings. The van der Waals surface area contributed by atoms with Crippen LogP contribution in [0.5, 0.6) is 0 Å². The van der Waals surface area contributed by atoms with Crippen LogP contribution in [0.2, 0.25) is 0 Å². The molecule has 0 aliphatic heterocycles. The zero-order chi connectivity index (χ0) is 29.1. The minimum atomic E-state index is -0.496. The Hall–Kier alpha value is -3.32. The van der Waals surface area contributed by atoms with E-state index in [4.69, 9.17) is 19.4 Å². The molecule has 0 unspecified atom stereocenters. The Labute approximate surface area is 187 Å². The highest BCUT2D eigenvalue weighted by Gasteiger charge is 2.18. The second kappa shape index (κ2) is 7.60. The van der Waals surface area contributed by atoms with E-state index in [1.54, 1.807) is 30.3 Å². The van der Waals surface area contributed by atoms with Gasteiger partial charge in [-0.1, -0.05) is 112 Å². The van der Waals surface area contributed by atoms with Gasteiger partial charge in [-0.3, -0.25) is 0 Å². The van der Waals surface area contributed by atoms with Gasteiger partial charge in [0.25, 0.3) is 0 Å². The van der Waals surface area contributed by atoms with Crippen molar-refractivity contribution in [3.63, 3.8) is 0 Å². The maximum Gasteiger partial charge on any atom is 0.0629 e. The molecular weight excluding hydrogens is 350 g/mol. The van der Waals surface area contributed by atoms with Crippen LogP contribution in [0.4, 0.5) is 5.69 Å². The molecule has 0 aromatic heterocycles. The highest BCUT2D eigenvalue weighted by Crippen LogP contribution is 2.38. The Kier molecular flexibility index (Phi) is 2.74. The third-order valence-electron chi connectivity index (χ3n) is 4.77. The fraction of sp³-hybridized carbons (Fsp3) is 0.143. The second-order valence-electron chi connectivity index (χ2n) is 7.82. The molecule has 29 heavy (non-hydrogen) atoms. The summed E-state index contributed by atoms with van der Waals surface area (Å²) < 4.78 is 81.9. The van der Waals surface area contributed by atoms with Crippen molar-refractivity contribution in [1.82, 2.24) is 0 Å². The molecule has 0 saturated heterocycles. The summed E-state index contributed by atoms with van der Waals surface area (Å²) >= 11 is 0. The van der Waals surface area contributed by atoms with E-state index in [0.717, 1.165) is 5.56 Å². The molecule has 1 heteroatoms. The summed E-state index contributed by atoms with van der Waals surface area (Å²) in [6.45, 7) is 5.97. The Morgan fingerprint density at radius 3 is 1.76 bits per heavy atom. The molecule has 0 bridgehead atoms. The first-order valence-electron chi connectivity index (χ1n) is 14.3. The summed E-state index contributed by atoms with van der Waals surface area (Å²) in [4.78, 5) is 0. The van der Waals surface area contributed by atoms with Crippen molar-refractivity contribution in [3.8, 4) is 33.4 Å². The maximum atomic E-state index is 8.48. The van der Waals surface area contributed by atoms with E-state index in [1.165, 1.54) is 0 Å². The van der Waals surface area contributed by atoms with Crippen LogP contribution >= 0.6 is 0 Å². The maximum absolute atomic E-state index is 8.48. The van der Waals surface area contributed by atoms with E-state index in [0.29, 0.717) is 16.7 Å². The van der Waals surface area contributed by atoms with Gasteiger partial charge in [0.05, 0.1) is 13.7 Å². The molecule has 4 aromatic rings. The van der Waals surface area contributed by atoms with Crippen molar-refractivity contribution in [1.29, 1.82) is 0 Å². The minimum Gasteiger partial charge on any atom is -0.398 e. The van der Waals surface area contributed by atoms with Crippen molar-refractivity contribution in [2.45, 2.75) is 26.2 Å². The molecule has 0 aliphatic carbocycles. The van der Waals surface area contributed by atoms with Gasteiger partial charge in [0, 0.05) is 16.8 Å². The number of para-hydroxylation sites is 1. The molecule has 4 rings (SSSR count). The van der Waals surface area contributed by atoms with Crippen molar-refractivity contribution in [3.05, 3.63) is 102 Å². The van der Waals surface area contributed by atoms with Crippen LogP contribution in [0.1, 0.15) is 40.0 Å². The highest BCUT2D eigenvalue weighted by atomic mass is 14.6. The molecule has 1 nitrogen and oxygen atoms in total. The lowest BCUT2D eigenvalue weighted by atomic mass is 9.83. The molecule has 0 amide bonds. The van der Waals surface area contributed by atoms with E-state index in [1.807, 2.05) is 26.8 Å². The van der Waals surface area contributed by atoms with Crippen molar-refractivity contribution < 1.29 is 13.7 Å². The predicted octanol–water partition coefficient (Wildman–Crippen LogP) is 7.57. The summed E-state index contributed by atoms with van der Waals surface area (Å²) in [6, 6.07) is 6.26. The van der Waals surface area contributed by atoms with Gasteiger partial charge >= 0.3 is 0 Å². The van der Waals surface area contributed by atoms with Crippen LogP contribution in [-0.4, -0.2) is 0 Å². The summed E-state index contributed by atoms with van der Waals surface area (Å²) in [6.07, 6.45) is 0. The van der Waals surface area contributed by atoms with Crippen LogP contribution < -0.4 is 5.73 Å². The van der Waals surface area contributed by atoms with Gasteiger partial charge in [0.2, 0.25) is 0 Å². The Morgan fingerprint density at radius 2 is 1.17 bits per heavy atom. The molecule has 0 atom stereocenters. The summed E-state index contributed by atoms with van der Waals surface area (Å²) in [5.41, 5.74) is 9.09. The van der Waals surface area contributed by atoms with E-state index < -0.39 is 36.3 Å². The number of anilines is 1. The van der Waals surface area contributed by atoms with Gasteiger partial charge in [-0.05, 0) is 39.3 Å². The Bertz CT molecular complexity index is 1600. The number of rotatable bonds is 3. The molecule has 144 valence electrons. The zero-order valence-electron chi connectivity index (χ0n) is 26.5. The first-order valence-corrected chi connectivity index (χ1v) is 9.26. The van der Waals surface area contributed by atoms with Gasteiger partial charge in [0.1, 0.15) is 0 Å². The lowest BCUT2D eigenvalue weighted by molar-refractivity contribution is 0.590. The minimum absolute atomic E-state index is 0.0156. The van der Waals surface area contributed by atoms with Gasteiger partial charge in [-0.25, -0.2) is 0 Å². The number of nitrogen functional groups attached to an aromatic ring is 1. The summed E-state index contributed by atoms with van der Waals surface area (Å²) in [5.74, 6) is 0. The van der Waals surface area contributed by atoms with E-state index >= 15 is 0 Å². The van der Waals surface area contributed by atoms with E-state index in [-0.39, 0.29) is 52.0 Å². The van der Waals surface area contributed by atoms with Crippen LogP contribution in [0, 0.1) is 0 Å². The molecule has 4 aromatic carbocycles. The zero-order valence-corrected chi connectivity index (χ0v) is 16.5. The number of hydrogen-bond donors (Lipinski definition) is 1. The highest BCUT2D eigenvalue weighted by molar-refractivity contribution is 5.90. The van der Waals surface area contributed by atoms with Crippen molar-refractivity contribution in [2.75, 3.05) is 5.73 Å². The van der Waals surface area contributed by atoms with Crippen LogP contribution in [0.25, 0.3) is 33.4 Å². The van der Waals surface area contributed by atoms with Crippen LogP contribution in [-0.2, 0) is 5.41 Å². The quantitative estimate of drug-likeness (QED) is 0.360. The van der Waals surface area contributed by atoms with Gasteiger partial charge < -0.3 is 5.73 Å². The lowest BCUT2D eigenvalue weighted by Crippen LogP contribution is -2.11. The van der Waals surface area contributed by atoms with Crippen LogP contribution in [0.15, 0.2) is 96.8 Å². The number of hydrogen-bond acceptors (Lipinski definition) is 1. The Morgan fingerprint density at radius 1 is 0.655 bits per heavy atom. The first kappa shape index (κ1) is 10.5. The monoisotopic (exact) mass is 387 g/mol. The Balaban J connectivity index is 2.05. The average molecular weight is 388 g/mol. The summed E-state index contributed by atoms with van der Waals surface area (Å²) in [5, 5.41) is 0. The van der Waals surface area contributed by atoms with Crippen molar-refractivity contribution in [2.24, 2.45) is 0 Å². The largest absolute Gasteiger partial charge is 0.398 e. The fourth-order valence-electron chi connectivity index (χ4n) is 3.17. The fourth-order valence-corrected chi connectivity index (χ4v) is 3.17. The summed E-state index contributed by atoms with van der Waals surface area (Å²) in [7, 11) is 0. The average Bonchev–Trinajstić information content (AvgIpc) is 2.89. The molecule has 0 fully saturated rings. The van der Waals surface area contributed by atoms with Gasteiger partial charge in [-0.2, -0.15) is 0 Å². The molecule has 0 heterocycles. The van der Waals surface area contributed by atoms with E-state index in [9.17, 15) is 0 Å². The third kappa shape index (κ3) is 3.95. The topological polar surface area (TPSA) is 26.0 Å². The third-order valence-corrected chi connectivity index (χ3v) is 4.77.